The Kier molecular flexibility index (Phi) is 3.74. The van der Waals surface area contributed by atoms with Gasteiger partial charge in [-0.15, -0.1) is 0 Å². The summed E-state index contributed by atoms with van der Waals surface area (Å²) in [5.74, 6) is -0.903. The van der Waals surface area contributed by atoms with E-state index in [1.54, 1.807) is 6.07 Å². The van der Waals surface area contributed by atoms with Crippen LogP contribution < -0.4 is 0 Å². The smallest absolute Gasteiger partial charge is 0.358 e. The summed E-state index contributed by atoms with van der Waals surface area (Å²) in [7, 11) is 1.08. The van der Waals surface area contributed by atoms with Gasteiger partial charge < -0.3 is 4.74 Å². The van der Waals surface area contributed by atoms with Crippen LogP contribution in [0.15, 0.2) is 6.07 Å². The summed E-state index contributed by atoms with van der Waals surface area (Å²) in [5, 5.41) is 8.16. The van der Waals surface area contributed by atoms with Crippen molar-refractivity contribution >= 4 is 17.6 Å². The van der Waals surface area contributed by atoms with Crippen molar-refractivity contribution in [2.45, 2.75) is 6.43 Å². The van der Waals surface area contributed by atoms with Gasteiger partial charge in [0, 0.05) is 0 Å². The summed E-state index contributed by atoms with van der Waals surface area (Å²) in [6.45, 7) is 0. The molecule has 0 fully saturated rings. The summed E-state index contributed by atoms with van der Waals surface area (Å²) >= 11 is 5.45. The van der Waals surface area contributed by atoms with E-state index >= 15 is 0 Å². The van der Waals surface area contributed by atoms with E-state index in [1.807, 2.05) is 0 Å². The lowest BCUT2D eigenvalue weighted by Crippen LogP contribution is -2.09. The molecule has 1 rings (SSSR count). The van der Waals surface area contributed by atoms with Crippen LogP contribution in [0.25, 0.3) is 0 Å². The highest BCUT2D eigenvalue weighted by Gasteiger charge is 2.21. The quantitative estimate of drug-likeness (QED) is 0.593. The maximum atomic E-state index is 12.4. The Hall–Kier alpha value is -1.74. The van der Waals surface area contributed by atoms with Crippen molar-refractivity contribution in [3.63, 3.8) is 0 Å². The minimum atomic E-state index is -2.86. The average Bonchev–Trinajstić information content (AvgIpc) is 2.27. The zero-order valence-electron chi connectivity index (χ0n) is 8.00. The molecule has 0 bridgehead atoms. The van der Waals surface area contributed by atoms with Crippen LogP contribution in [0.3, 0.4) is 0 Å². The number of hydrogen-bond donors (Lipinski definition) is 0. The van der Waals surface area contributed by atoms with Crippen molar-refractivity contribution < 1.29 is 18.3 Å². The third-order valence-corrected chi connectivity index (χ3v) is 2.04. The van der Waals surface area contributed by atoms with Gasteiger partial charge in [0.2, 0.25) is 0 Å². The Bertz CT molecular complexity index is 471. The summed E-state index contributed by atoms with van der Waals surface area (Å²) in [4.78, 5) is 14.6. The lowest BCUT2D eigenvalue weighted by atomic mass is 10.1. The minimum absolute atomic E-state index is 0.299. The van der Waals surface area contributed by atoms with Gasteiger partial charge in [-0.25, -0.2) is 18.6 Å². The van der Waals surface area contributed by atoms with Crippen molar-refractivity contribution in [2.75, 3.05) is 7.11 Å². The maximum Gasteiger partial charge on any atom is 0.358 e. The number of carbonyl (C=O) groups excluding carboxylic acids is 1. The normalized spacial score (nSPS) is 10.0. The highest BCUT2D eigenvalue weighted by Crippen LogP contribution is 2.27. The molecule has 0 unspecified atom stereocenters. The SMILES string of the molecule is COC(=O)c1nc(Cl)c(C(F)F)cc1C#N. The van der Waals surface area contributed by atoms with E-state index in [0.717, 1.165) is 13.2 Å². The average molecular weight is 247 g/mol. The van der Waals surface area contributed by atoms with E-state index in [9.17, 15) is 13.6 Å². The molecule has 1 heterocycles. The van der Waals surface area contributed by atoms with Gasteiger partial charge in [0.25, 0.3) is 6.43 Å². The van der Waals surface area contributed by atoms with Crippen LogP contribution in [0.4, 0.5) is 8.78 Å². The van der Waals surface area contributed by atoms with Crippen molar-refractivity contribution in [1.29, 1.82) is 5.26 Å². The second kappa shape index (κ2) is 4.86. The van der Waals surface area contributed by atoms with E-state index in [-0.39, 0.29) is 11.3 Å². The Morgan fingerprint density at radius 2 is 2.31 bits per heavy atom. The van der Waals surface area contributed by atoms with Gasteiger partial charge in [-0.05, 0) is 6.07 Å². The Morgan fingerprint density at radius 3 is 2.75 bits per heavy atom. The summed E-state index contributed by atoms with van der Waals surface area (Å²) < 4.78 is 29.2. The van der Waals surface area contributed by atoms with Crippen LogP contribution in [-0.2, 0) is 4.74 Å². The third kappa shape index (κ3) is 2.25. The van der Waals surface area contributed by atoms with Gasteiger partial charge >= 0.3 is 5.97 Å². The highest BCUT2D eigenvalue weighted by molar-refractivity contribution is 6.30. The molecule has 16 heavy (non-hydrogen) atoms. The molecule has 7 heteroatoms. The molecule has 84 valence electrons. The number of nitrogens with zero attached hydrogens (tertiary/aromatic N) is 2. The van der Waals surface area contributed by atoms with Gasteiger partial charge in [-0.3, -0.25) is 0 Å². The molecule has 4 nitrogen and oxygen atoms in total. The predicted molar refractivity (Wildman–Crippen MR) is 50.3 cm³/mol. The van der Waals surface area contributed by atoms with Crippen molar-refractivity contribution in [1.82, 2.24) is 4.98 Å². The van der Waals surface area contributed by atoms with Crippen LogP contribution in [-0.4, -0.2) is 18.1 Å². The Morgan fingerprint density at radius 1 is 1.69 bits per heavy atom. The molecular weight excluding hydrogens is 242 g/mol. The van der Waals surface area contributed by atoms with E-state index in [0.29, 0.717) is 0 Å². The number of esters is 1. The second-order valence-corrected chi connectivity index (χ2v) is 3.03. The molecule has 1 aromatic heterocycles. The van der Waals surface area contributed by atoms with Gasteiger partial charge in [0.05, 0.1) is 18.2 Å². The monoisotopic (exact) mass is 246 g/mol. The number of ether oxygens (including phenoxy) is 1. The van der Waals surface area contributed by atoms with E-state index in [4.69, 9.17) is 16.9 Å². The molecule has 0 atom stereocenters. The number of alkyl halides is 2. The molecule has 0 aromatic carbocycles. The molecule has 0 N–H and O–H groups in total. The topological polar surface area (TPSA) is 63.0 Å². The van der Waals surface area contributed by atoms with Crippen LogP contribution in [0, 0.1) is 11.3 Å². The lowest BCUT2D eigenvalue weighted by molar-refractivity contribution is 0.0593. The first kappa shape index (κ1) is 12.3. The largest absolute Gasteiger partial charge is 0.464 e. The summed E-state index contributed by atoms with van der Waals surface area (Å²) in [6, 6.07) is 2.40. The molecular formula is C9H5ClF2N2O2. The van der Waals surface area contributed by atoms with Crippen LogP contribution >= 0.6 is 11.6 Å². The fourth-order valence-electron chi connectivity index (χ4n) is 0.997. The van der Waals surface area contributed by atoms with Crippen LogP contribution in [0.1, 0.15) is 28.0 Å². The molecule has 0 radical (unpaired) electrons. The Labute approximate surface area is 94.4 Å². The van der Waals surface area contributed by atoms with E-state index in [2.05, 4.69) is 9.72 Å². The number of rotatable bonds is 2. The number of carbonyl (C=O) groups is 1. The molecule has 0 aliphatic carbocycles. The predicted octanol–water partition coefficient (Wildman–Crippen LogP) is 2.33. The van der Waals surface area contributed by atoms with Gasteiger partial charge in [-0.1, -0.05) is 11.6 Å². The molecule has 0 amide bonds. The Balaban J connectivity index is 3.39. The molecule has 0 saturated carbocycles. The van der Waals surface area contributed by atoms with Crippen LogP contribution in [0.2, 0.25) is 5.15 Å². The van der Waals surface area contributed by atoms with Gasteiger partial charge in [0.1, 0.15) is 11.2 Å². The molecule has 0 aliphatic rings. The lowest BCUT2D eigenvalue weighted by Gasteiger charge is -2.06. The first-order chi connectivity index (χ1) is 7.51. The summed E-state index contributed by atoms with van der Waals surface area (Å²) in [5.41, 5.74) is -1.27. The fourth-order valence-corrected chi connectivity index (χ4v) is 1.22. The summed E-state index contributed by atoms with van der Waals surface area (Å²) in [6.07, 6.45) is -2.86. The molecule has 1 aromatic rings. The number of aromatic nitrogens is 1. The highest BCUT2D eigenvalue weighted by atomic mass is 35.5. The minimum Gasteiger partial charge on any atom is -0.464 e. The van der Waals surface area contributed by atoms with Crippen LogP contribution in [0.5, 0.6) is 0 Å². The number of methoxy groups -OCH3 is 1. The second-order valence-electron chi connectivity index (χ2n) is 2.67. The van der Waals surface area contributed by atoms with Gasteiger partial charge in [0.15, 0.2) is 5.69 Å². The fraction of sp³-hybridized carbons (Fsp3) is 0.222. The van der Waals surface area contributed by atoms with Crippen molar-refractivity contribution in [2.24, 2.45) is 0 Å². The first-order valence-corrected chi connectivity index (χ1v) is 4.36. The van der Waals surface area contributed by atoms with Crippen molar-refractivity contribution in [3.8, 4) is 6.07 Å². The van der Waals surface area contributed by atoms with E-state index < -0.39 is 23.1 Å². The molecule has 0 aliphatic heterocycles. The number of nitriles is 1. The number of halogens is 3. The number of pyridine rings is 1. The zero-order valence-corrected chi connectivity index (χ0v) is 8.76. The molecule has 0 saturated heterocycles. The molecule has 0 spiro atoms. The third-order valence-electron chi connectivity index (χ3n) is 1.74. The first-order valence-electron chi connectivity index (χ1n) is 3.98. The number of hydrogen-bond acceptors (Lipinski definition) is 4. The van der Waals surface area contributed by atoms with E-state index in [1.165, 1.54) is 0 Å². The van der Waals surface area contributed by atoms with Gasteiger partial charge in [-0.2, -0.15) is 5.26 Å². The zero-order chi connectivity index (χ0) is 12.3. The van der Waals surface area contributed by atoms with Crippen molar-refractivity contribution in [3.05, 3.63) is 28.0 Å². The standard InChI is InChI=1S/C9H5ClF2N2O2/c1-16-9(15)6-4(3-13)2-5(8(11)12)7(10)14-6/h2,8H,1H3. The maximum absolute atomic E-state index is 12.4.